The molecule has 0 saturated carbocycles. The molecule has 24 heavy (non-hydrogen) atoms. The lowest BCUT2D eigenvalue weighted by molar-refractivity contribution is 0.0951. The van der Waals surface area contributed by atoms with Crippen molar-refractivity contribution in [2.75, 3.05) is 26.5 Å². The highest BCUT2D eigenvalue weighted by atomic mass is 16.7. The molecule has 0 unspecified atom stereocenters. The number of rotatable bonds is 3. The Labute approximate surface area is 139 Å². The topological polar surface area (TPSA) is 89.5 Å². The van der Waals surface area contributed by atoms with Crippen molar-refractivity contribution in [3.63, 3.8) is 0 Å². The number of fused-ring (bicyclic) bond motifs is 1. The van der Waals surface area contributed by atoms with Gasteiger partial charge in [-0.1, -0.05) is 0 Å². The predicted octanol–water partition coefficient (Wildman–Crippen LogP) is 1.75. The number of carbonyl (C=O) groups excluding carboxylic acids is 2. The van der Waals surface area contributed by atoms with Crippen LogP contribution in [0.15, 0.2) is 23.3 Å². The molecule has 8 heteroatoms. The molecule has 2 aliphatic rings. The number of hydrogen-bond acceptors (Lipinski definition) is 6. The van der Waals surface area contributed by atoms with Crippen LogP contribution in [-0.4, -0.2) is 49.1 Å². The summed E-state index contributed by atoms with van der Waals surface area (Å²) in [6.45, 7) is 3.39. The number of hydrogen-bond donors (Lipinski definition) is 1. The molecule has 2 aliphatic heterocycles. The fourth-order valence-corrected chi connectivity index (χ4v) is 2.51. The number of nitrogens with zero attached hydrogens (tertiary/aromatic N) is 2. The number of likely N-dealkylation sites (tertiary alicyclic amines) is 1. The number of nitrogens with one attached hydrogen (secondary N) is 1. The van der Waals surface area contributed by atoms with Crippen LogP contribution in [0.5, 0.6) is 11.5 Å². The Hall–Kier alpha value is -2.77. The van der Waals surface area contributed by atoms with Crippen LogP contribution in [0.4, 0.5) is 4.79 Å². The molecular formula is C16H19N3O5. The van der Waals surface area contributed by atoms with Crippen LogP contribution in [0.3, 0.4) is 0 Å². The molecule has 1 aromatic carbocycles. The average molecular weight is 333 g/mol. The maximum absolute atomic E-state index is 12.1. The van der Waals surface area contributed by atoms with Gasteiger partial charge in [-0.2, -0.15) is 5.10 Å². The Morgan fingerprint density at radius 2 is 2.00 bits per heavy atom. The van der Waals surface area contributed by atoms with Gasteiger partial charge >= 0.3 is 6.09 Å². The number of benzene rings is 1. The first kappa shape index (κ1) is 16.1. The number of ether oxygens (including phenoxy) is 3. The van der Waals surface area contributed by atoms with Gasteiger partial charge in [-0.15, -0.1) is 0 Å². The SMILES string of the molecule is CCOC(=O)N1CCC(=NNC(=O)c2ccc3c(c2)OCO3)CC1. The van der Waals surface area contributed by atoms with Crippen molar-refractivity contribution in [3.8, 4) is 11.5 Å². The van der Waals surface area contributed by atoms with E-state index < -0.39 is 0 Å². The highest BCUT2D eigenvalue weighted by molar-refractivity contribution is 5.96. The zero-order valence-corrected chi connectivity index (χ0v) is 13.4. The molecule has 2 amide bonds. The Balaban J connectivity index is 1.53. The average Bonchev–Trinajstić information content (AvgIpc) is 3.08. The largest absolute Gasteiger partial charge is 0.454 e. The quantitative estimate of drug-likeness (QED) is 0.851. The van der Waals surface area contributed by atoms with Crippen molar-refractivity contribution in [3.05, 3.63) is 23.8 Å². The maximum atomic E-state index is 12.1. The molecule has 1 fully saturated rings. The molecule has 128 valence electrons. The molecule has 0 radical (unpaired) electrons. The molecule has 0 atom stereocenters. The standard InChI is InChI=1S/C16H19N3O5/c1-2-22-16(21)19-7-5-12(6-8-19)17-18-15(20)11-3-4-13-14(9-11)24-10-23-13/h3-4,9H,2,5-8,10H2,1H3,(H,18,20). The minimum atomic E-state index is -0.311. The van der Waals surface area contributed by atoms with E-state index in [1.54, 1.807) is 30.0 Å². The van der Waals surface area contributed by atoms with Crippen LogP contribution in [-0.2, 0) is 4.74 Å². The van der Waals surface area contributed by atoms with Crippen LogP contribution in [0, 0.1) is 0 Å². The zero-order valence-electron chi connectivity index (χ0n) is 13.4. The summed E-state index contributed by atoms with van der Waals surface area (Å²) in [6.07, 6.45) is 0.918. The number of hydrazone groups is 1. The van der Waals surface area contributed by atoms with Crippen molar-refractivity contribution >= 4 is 17.7 Å². The molecule has 0 spiro atoms. The van der Waals surface area contributed by atoms with Crippen molar-refractivity contribution in [1.29, 1.82) is 0 Å². The Kier molecular flexibility index (Phi) is 4.83. The van der Waals surface area contributed by atoms with Crippen LogP contribution < -0.4 is 14.9 Å². The summed E-state index contributed by atoms with van der Waals surface area (Å²) >= 11 is 0. The molecule has 1 aromatic rings. The van der Waals surface area contributed by atoms with E-state index in [9.17, 15) is 9.59 Å². The fourth-order valence-electron chi connectivity index (χ4n) is 2.51. The molecule has 0 bridgehead atoms. The summed E-state index contributed by atoms with van der Waals surface area (Å²) in [5, 5.41) is 4.16. The second-order valence-corrected chi connectivity index (χ2v) is 5.37. The molecular weight excluding hydrogens is 314 g/mol. The third-order valence-corrected chi connectivity index (χ3v) is 3.82. The third kappa shape index (κ3) is 3.58. The first-order valence-corrected chi connectivity index (χ1v) is 7.84. The van der Waals surface area contributed by atoms with E-state index in [1.165, 1.54) is 0 Å². The highest BCUT2D eigenvalue weighted by Gasteiger charge is 2.21. The molecule has 0 aliphatic carbocycles. The van der Waals surface area contributed by atoms with E-state index in [4.69, 9.17) is 14.2 Å². The smallest absolute Gasteiger partial charge is 0.409 e. The summed E-state index contributed by atoms with van der Waals surface area (Å²) in [5.41, 5.74) is 3.85. The van der Waals surface area contributed by atoms with Crippen LogP contribution >= 0.6 is 0 Å². The van der Waals surface area contributed by atoms with E-state index in [-0.39, 0.29) is 18.8 Å². The van der Waals surface area contributed by atoms with Gasteiger partial charge in [0.05, 0.1) is 6.61 Å². The Morgan fingerprint density at radius 3 is 2.75 bits per heavy atom. The van der Waals surface area contributed by atoms with Gasteiger partial charge in [0.15, 0.2) is 11.5 Å². The monoisotopic (exact) mass is 333 g/mol. The summed E-state index contributed by atoms with van der Waals surface area (Å²) < 4.78 is 15.4. The summed E-state index contributed by atoms with van der Waals surface area (Å²) in [7, 11) is 0. The van der Waals surface area contributed by atoms with Crippen molar-refractivity contribution in [2.45, 2.75) is 19.8 Å². The second kappa shape index (κ2) is 7.20. The van der Waals surface area contributed by atoms with E-state index in [0.29, 0.717) is 49.6 Å². The molecule has 2 heterocycles. The van der Waals surface area contributed by atoms with Gasteiger partial charge in [0.2, 0.25) is 6.79 Å². The van der Waals surface area contributed by atoms with E-state index in [0.717, 1.165) is 5.71 Å². The third-order valence-electron chi connectivity index (χ3n) is 3.82. The number of amides is 2. The Bertz CT molecular complexity index is 664. The summed E-state index contributed by atoms with van der Waals surface area (Å²) in [4.78, 5) is 25.4. The molecule has 3 rings (SSSR count). The van der Waals surface area contributed by atoms with Gasteiger partial charge in [0.1, 0.15) is 0 Å². The summed E-state index contributed by atoms with van der Waals surface area (Å²) in [5.74, 6) is 0.871. The van der Waals surface area contributed by atoms with Gasteiger partial charge in [-0.3, -0.25) is 4.79 Å². The lowest BCUT2D eigenvalue weighted by Gasteiger charge is -2.26. The van der Waals surface area contributed by atoms with Crippen LogP contribution in [0.2, 0.25) is 0 Å². The van der Waals surface area contributed by atoms with Gasteiger partial charge in [0, 0.05) is 37.2 Å². The second-order valence-electron chi connectivity index (χ2n) is 5.37. The normalized spacial score (nSPS) is 15.9. The summed E-state index contributed by atoms with van der Waals surface area (Å²) in [6, 6.07) is 4.98. The lowest BCUT2D eigenvalue weighted by Crippen LogP contribution is -2.39. The maximum Gasteiger partial charge on any atom is 0.409 e. The minimum Gasteiger partial charge on any atom is -0.454 e. The van der Waals surface area contributed by atoms with Crippen LogP contribution in [0.1, 0.15) is 30.1 Å². The van der Waals surface area contributed by atoms with E-state index in [1.807, 2.05) is 0 Å². The minimum absolute atomic E-state index is 0.166. The number of carbonyl (C=O) groups is 2. The van der Waals surface area contributed by atoms with Crippen molar-refractivity contribution < 1.29 is 23.8 Å². The molecule has 1 N–H and O–H groups in total. The molecule has 1 saturated heterocycles. The Morgan fingerprint density at radius 1 is 1.25 bits per heavy atom. The van der Waals surface area contributed by atoms with Gasteiger partial charge in [-0.25, -0.2) is 10.2 Å². The molecule has 0 aromatic heterocycles. The zero-order chi connectivity index (χ0) is 16.9. The van der Waals surface area contributed by atoms with Crippen LogP contribution in [0.25, 0.3) is 0 Å². The first-order valence-electron chi connectivity index (χ1n) is 7.84. The van der Waals surface area contributed by atoms with E-state index in [2.05, 4.69) is 10.5 Å². The first-order chi connectivity index (χ1) is 11.7. The number of piperidine rings is 1. The lowest BCUT2D eigenvalue weighted by atomic mass is 10.1. The predicted molar refractivity (Wildman–Crippen MR) is 85.3 cm³/mol. The van der Waals surface area contributed by atoms with Gasteiger partial charge < -0.3 is 19.1 Å². The highest BCUT2D eigenvalue weighted by Crippen LogP contribution is 2.32. The molecule has 8 nitrogen and oxygen atoms in total. The van der Waals surface area contributed by atoms with Gasteiger partial charge in [0.25, 0.3) is 5.91 Å². The fraction of sp³-hybridized carbons (Fsp3) is 0.438. The van der Waals surface area contributed by atoms with Gasteiger partial charge in [-0.05, 0) is 25.1 Å². The van der Waals surface area contributed by atoms with Crippen molar-refractivity contribution in [1.82, 2.24) is 10.3 Å². The van der Waals surface area contributed by atoms with Crippen molar-refractivity contribution in [2.24, 2.45) is 5.10 Å². The van der Waals surface area contributed by atoms with E-state index >= 15 is 0 Å².